The monoisotopic (exact) mass is 323 g/mol. The molecule has 3 aromatic rings. The molecular weight excluding hydrogens is 306 g/mol. The summed E-state index contributed by atoms with van der Waals surface area (Å²) in [6.45, 7) is 0. The van der Waals surface area contributed by atoms with Crippen molar-refractivity contribution in [1.82, 2.24) is 14.8 Å². The summed E-state index contributed by atoms with van der Waals surface area (Å²) in [5.74, 6) is -0.453. The number of carboxylic acid groups (broad SMARTS) is 1. The predicted molar refractivity (Wildman–Crippen MR) is 88.2 cm³/mol. The van der Waals surface area contributed by atoms with Crippen LogP contribution in [0.1, 0.15) is 12.0 Å². The Bertz CT molecular complexity index is 771. The first kappa shape index (κ1) is 15.7. The fraction of sp³-hybridized carbons (Fsp3) is 0.167. The van der Waals surface area contributed by atoms with Gasteiger partial charge in [-0.05, 0) is 42.7 Å². The average molecular weight is 323 g/mol. The second kappa shape index (κ2) is 7.41. The van der Waals surface area contributed by atoms with Crippen molar-refractivity contribution in [2.24, 2.45) is 0 Å². The number of aliphatic carboxylic acids is 1. The lowest BCUT2D eigenvalue weighted by molar-refractivity contribution is -0.145. The minimum atomic E-state index is -0.966. The molecule has 0 aliphatic carbocycles. The molecule has 1 aromatic heterocycles. The molecule has 0 spiro atoms. The van der Waals surface area contributed by atoms with Gasteiger partial charge in [-0.15, -0.1) is 0 Å². The van der Waals surface area contributed by atoms with E-state index in [1.54, 1.807) is 35.3 Å². The molecule has 0 saturated heterocycles. The van der Waals surface area contributed by atoms with Crippen molar-refractivity contribution < 1.29 is 14.6 Å². The third-order valence-electron chi connectivity index (χ3n) is 3.61. The van der Waals surface area contributed by atoms with Gasteiger partial charge in [-0.1, -0.05) is 30.3 Å². The molecule has 3 rings (SSSR count). The molecule has 1 atom stereocenters. The highest BCUT2D eigenvalue weighted by molar-refractivity contribution is 5.72. The van der Waals surface area contributed by atoms with E-state index in [1.807, 2.05) is 30.3 Å². The van der Waals surface area contributed by atoms with Gasteiger partial charge in [0.2, 0.25) is 0 Å². The van der Waals surface area contributed by atoms with E-state index < -0.39 is 12.1 Å². The first-order valence-corrected chi connectivity index (χ1v) is 7.61. The zero-order chi connectivity index (χ0) is 16.8. The fourth-order valence-corrected chi connectivity index (χ4v) is 2.36. The van der Waals surface area contributed by atoms with Crippen molar-refractivity contribution in [2.45, 2.75) is 18.9 Å². The highest BCUT2D eigenvalue weighted by Gasteiger charge is 2.19. The van der Waals surface area contributed by atoms with Crippen LogP contribution < -0.4 is 4.74 Å². The number of hydrogen-bond acceptors (Lipinski definition) is 4. The number of nitrogens with zero attached hydrogens (tertiary/aromatic N) is 3. The quantitative estimate of drug-likeness (QED) is 0.723. The predicted octanol–water partition coefficient (Wildman–Crippen LogP) is 2.73. The van der Waals surface area contributed by atoms with Gasteiger partial charge in [0.25, 0.3) is 0 Å². The van der Waals surface area contributed by atoms with Crippen molar-refractivity contribution in [1.29, 1.82) is 0 Å². The Morgan fingerprint density at radius 1 is 1.12 bits per heavy atom. The lowest BCUT2D eigenvalue weighted by Crippen LogP contribution is -2.27. The molecule has 6 heteroatoms. The Kier molecular flexibility index (Phi) is 4.86. The molecule has 1 N–H and O–H groups in total. The van der Waals surface area contributed by atoms with Crippen LogP contribution in [0, 0.1) is 0 Å². The third-order valence-corrected chi connectivity index (χ3v) is 3.61. The van der Waals surface area contributed by atoms with Gasteiger partial charge in [-0.2, -0.15) is 5.10 Å². The van der Waals surface area contributed by atoms with Crippen molar-refractivity contribution in [3.05, 3.63) is 72.8 Å². The molecule has 0 aliphatic rings. The summed E-state index contributed by atoms with van der Waals surface area (Å²) < 4.78 is 7.24. The lowest BCUT2D eigenvalue weighted by atomic mass is 10.1. The first-order valence-electron chi connectivity index (χ1n) is 7.61. The standard InChI is InChI=1S/C18H17N3O3/c22-18(23)17(11-6-14-4-2-1-3-5-14)24-16-9-7-15(8-10-16)21-13-19-12-20-21/h1-5,7-10,12-13,17H,6,11H2,(H,22,23). The summed E-state index contributed by atoms with van der Waals surface area (Å²) in [4.78, 5) is 15.3. The molecule has 0 aliphatic heterocycles. The fourth-order valence-electron chi connectivity index (χ4n) is 2.36. The van der Waals surface area contributed by atoms with E-state index in [2.05, 4.69) is 10.1 Å². The summed E-state index contributed by atoms with van der Waals surface area (Å²) in [6, 6.07) is 16.8. The SMILES string of the molecule is O=C(O)C(CCc1ccccc1)Oc1ccc(-n2cncn2)cc1. The molecule has 0 saturated carbocycles. The number of carboxylic acids is 1. The highest BCUT2D eigenvalue weighted by Crippen LogP contribution is 2.18. The van der Waals surface area contributed by atoms with Crippen LogP contribution in [0.2, 0.25) is 0 Å². The largest absolute Gasteiger partial charge is 0.479 e. The first-order chi connectivity index (χ1) is 11.7. The van der Waals surface area contributed by atoms with Gasteiger partial charge < -0.3 is 9.84 Å². The van der Waals surface area contributed by atoms with Gasteiger partial charge in [-0.3, -0.25) is 0 Å². The van der Waals surface area contributed by atoms with Crippen molar-refractivity contribution in [3.63, 3.8) is 0 Å². The van der Waals surface area contributed by atoms with E-state index in [-0.39, 0.29) is 0 Å². The number of hydrogen-bond donors (Lipinski definition) is 1. The van der Waals surface area contributed by atoms with Gasteiger partial charge in [-0.25, -0.2) is 14.5 Å². The molecule has 0 amide bonds. The Labute approximate surface area is 139 Å². The molecule has 122 valence electrons. The van der Waals surface area contributed by atoms with Crippen LogP contribution in [0.15, 0.2) is 67.3 Å². The number of carbonyl (C=O) groups is 1. The van der Waals surface area contributed by atoms with Crippen LogP contribution in [0.4, 0.5) is 0 Å². The van der Waals surface area contributed by atoms with Gasteiger partial charge in [0.15, 0.2) is 6.10 Å². The Morgan fingerprint density at radius 3 is 2.50 bits per heavy atom. The molecule has 0 bridgehead atoms. The van der Waals surface area contributed by atoms with E-state index in [9.17, 15) is 9.90 Å². The second-order valence-electron chi connectivity index (χ2n) is 5.30. The molecular formula is C18H17N3O3. The normalized spacial score (nSPS) is 11.8. The Hall–Kier alpha value is -3.15. The van der Waals surface area contributed by atoms with Crippen molar-refractivity contribution in [3.8, 4) is 11.4 Å². The van der Waals surface area contributed by atoms with E-state index in [0.717, 1.165) is 11.3 Å². The zero-order valence-corrected chi connectivity index (χ0v) is 12.9. The van der Waals surface area contributed by atoms with Gasteiger partial charge in [0.1, 0.15) is 18.4 Å². The lowest BCUT2D eigenvalue weighted by Gasteiger charge is -2.15. The molecule has 6 nitrogen and oxygen atoms in total. The molecule has 0 radical (unpaired) electrons. The maximum Gasteiger partial charge on any atom is 0.344 e. The summed E-state index contributed by atoms with van der Waals surface area (Å²) in [5, 5.41) is 13.4. The van der Waals surface area contributed by atoms with Crippen LogP contribution in [0.5, 0.6) is 5.75 Å². The number of benzene rings is 2. The summed E-state index contributed by atoms with van der Waals surface area (Å²) in [6.07, 6.45) is 3.21. The van der Waals surface area contributed by atoms with Crippen molar-refractivity contribution >= 4 is 5.97 Å². The van der Waals surface area contributed by atoms with Crippen LogP contribution >= 0.6 is 0 Å². The number of ether oxygens (including phenoxy) is 1. The number of aromatic nitrogens is 3. The summed E-state index contributed by atoms with van der Waals surface area (Å²) in [7, 11) is 0. The highest BCUT2D eigenvalue weighted by atomic mass is 16.5. The zero-order valence-electron chi connectivity index (χ0n) is 12.9. The smallest absolute Gasteiger partial charge is 0.344 e. The molecule has 0 fully saturated rings. The summed E-state index contributed by atoms with van der Waals surface area (Å²) in [5.41, 5.74) is 1.92. The van der Waals surface area contributed by atoms with Crippen molar-refractivity contribution in [2.75, 3.05) is 0 Å². The van der Waals surface area contributed by atoms with Crippen LogP contribution in [-0.4, -0.2) is 31.9 Å². The van der Waals surface area contributed by atoms with E-state index in [1.165, 1.54) is 6.33 Å². The third kappa shape index (κ3) is 3.98. The Morgan fingerprint density at radius 2 is 1.88 bits per heavy atom. The Balaban J connectivity index is 1.64. The van der Waals surface area contributed by atoms with Gasteiger partial charge in [0, 0.05) is 0 Å². The molecule has 1 unspecified atom stereocenters. The van der Waals surface area contributed by atoms with Gasteiger partial charge >= 0.3 is 5.97 Å². The topological polar surface area (TPSA) is 77.2 Å². The maximum absolute atomic E-state index is 11.4. The van der Waals surface area contributed by atoms with E-state index in [4.69, 9.17) is 4.74 Å². The second-order valence-corrected chi connectivity index (χ2v) is 5.30. The minimum Gasteiger partial charge on any atom is -0.479 e. The number of aryl methyl sites for hydroxylation is 1. The van der Waals surface area contributed by atoms with Crippen LogP contribution in [0.3, 0.4) is 0 Å². The molecule has 1 heterocycles. The van der Waals surface area contributed by atoms with E-state index >= 15 is 0 Å². The van der Waals surface area contributed by atoms with E-state index in [0.29, 0.717) is 18.6 Å². The average Bonchev–Trinajstić information content (AvgIpc) is 3.14. The van der Waals surface area contributed by atoms with Gasteiger partial charge in [0.05, 0.1) is 5.69 Å². The molecule has 24 heavy (non-hydrogen) atoms. The maximum atomic E-state index is 11.4. The molecule has 2 aromatic carbocycles. The van der Waals surface area contributed by atoms with Crippen LogP contribution in [-0.2, 0) is 11.2 Å². The number of rotatable bonds is 7. The minimum absolute atomic E-state index is 0.407. The summed E-state index contributed by atoms with van der Waals surface area (Å²) >= 11 is 0. The van der Waals surface area contributed by atoms with Crippen LogP contribution in [0.25, 0.3) is 5.69 Å².